The number of hydrogen-bond acceptors (Lipinski definition) is 9. The van der Waals surface area contributed by atoms with Gasteiger partial charge in [0.15, 0.2) is 16.1 Å². The Kier molecular flexibility index (Phi) is 8.20. The van der Waals surface area contributed by atoms with Crippen LogP contribution in [0.15, 0.2) is 90.1 Å². The molecule has 10 nitrogen and oxygen atoms in total. The van der Waals surface area contributed by atoms with E-state index in [0.29, 0.717) is 38.9 Å². The van der Waals surface area contributed by atoms with Crippen molar-refractivity contribution in [2.24, 2.45) is 0 Å². The van der Waals surface area contributed by atoms with Crippen LogP contribution in [0.3, 0.4) is 0 Å². The van der Waals surface area contributed by atoms with Gasteiger partial charge >= 0.3 is 0 Å². The van der Waals surface area contributed by atoms with Gasteiger partial charge in [0.2, 0.25) is 5.91 Å². The number of carbonyl (C=O) groups excluding carboxylic acids is 2. The highest BCUT2D eigenvalue weighted by atomic mass is 32.2. The molecule has 12 heteroatoms. The topological polar surface area (TPSA) is 120 Å². The Balaban J connectivity index is 1.26. The number of benzene rings is 4. The largest absolute Gasteiger partial charge is 0.497 e. The van der Waals surface area contributed by atoms with E-state index in [0.717, 1.165) is 21.0 Å². The lowest BCUT2D eigenvalue weighted by Crippen LogP contribution is -2.25. The Morgan fingerprint density at radius 2 is 1.74 bits per heavy atom. The van der Waals surface area contributed by atoms with E-state index in [-0.39, 0.29) is 24.1 Å². The Morgan fingerprint density at radius 3 is 2.58 bits per heavy atom. The number of nitrogens with one attached hydrogen (secondary N) is 2. The molecule has 0 unspecified atom stereocenters. The quantitative estimate of drug-likeness (QED) is 0.189. The maximum atomic E-state index is 13.3. The molecule has 0 aliphatic rings. The van der Waals surface area contributed by atoms with Gasteiger partial charge in [-0.1, -0.05) is 71.6 Å². The molecule has 2 amide bonds. The molecule has 0 saturated heterocycles. The van der Waals surface area contributed by atoms with Crippen LogP contribution in [0.4, 0.5) is 5.13 Å². The first-order chi connectivity index (χ1) is 21.0. The van der Waals surface area contributed by atoms with Gasteiger partial charge in [0.05, 0.1) is 42.4 Å². The number of carbonyl (C=O) groups is 2. The van der Waals surface area contributed by atoms with Crippen LogP contribution in [0.1, 0.15) is 16.2 Å². The lowest BCUT2D eigenvalue weighted by molar-refractivity contribution is -0.113. The molecular formula is C31H26N6O4S2. The normalized spacial score (nSPS) is 11.0. The average Bonchev–Trinajstić information content (AvgIpc) is 3.65. The molecule has 2 aromatic heterocycles. The van der Waals surface area contributed by atoms with Crippen LogP contribution in [0.2, 0.25) is 0 Å². The molecule has 0 radical (unpaired) electrons. The molecule has 0 fully saturated rings. The standard InChI is InChI=1S/C31H26N6O4S2/c1-40-20-14-15-25(41-2)24(16-20)37-27(17-32-29(39)22-11-7-9-19-8-3-4-10-21(19)22)35-36-31(37)42-18-28(38)34-30-33-23-12-5-6-13-26(23)43-30/h3-16H,17-18H2,1-2H3,(H,32,39)(H,33,34,38). The van der Waals surface area contributed by atoms with Crippen LogP contribution in [-0.2, 0) is 11.3 Å². The summed E-state index contributed by atoms with van der Waals surface area (Å²) in [5.74, 6) is 1.18. The van der Waals surface area contributed by atoms with Crippen LogP contribution in [0.5, 0.6) is 11.5 Å². The molecule has 0 aliphatic carbocycles. The third-order valence-electron chi connectivity index (χ3n) is 6.64. The first kappa shape index (κ1) is 28.2. The molecule has 6 rings (SSSR count). The molecule has 0 spiro atoms. The van der Waals surface area contributed by atoms with Gasteiger partial charge in [0.1, 0.15) is 11.5 Å². The Hall–Kier alpha value is -4.94. The summed E-state index contributed by atoms with van der Waals surface area (Å²) < 4.78 is 13.9. The first-order valence-electron chi connectivity index (χ1n) is 13.2. The number of para-hydroxylation sites is 1. The van der Waals surface area contributed by atoms with Crippen LogP contribution in [-0.4, -0.2) is 51.5 Å². The minimum absolute atomic E-state index is 0.0582. The summed E-state index contributed by atoms with van der Waals surface area (Å²) in [7, 11) is 3.14. The Labute approximate surface area is 255 Å². The van der Waals surface area contributed by atoms with Gasteiger partial charge in [-0.05, 0) is 41.1 Å². The zero-order valence-corrected chi connectivity index (χ0v) is 24.9. The molecule has 4 aromatic carbocycles. The molecule has 6 aromatic rings. The van der Waals surface area contributed by atoms with Gasteiger partial charge in [-0.15, -0.1) is 10.2 Å². The van der Waals surface area contributed by atoms with Gasteiger partial charge in [0.25, 0.3) is 5.91 Å². The molecule has 2 N–H and O–H groups in total. The lowest BCUT2D eigenvalue weighted by Gasteiger charge is -2.15. The van der Waals surface area contributed by atoms with Crippen molar-refractivity contribution in [3.05, 3.63) is 96.3 Å². The van der Waals surface area contributed by atoms with Crippen LogP contribution in [0.25, 0.3) is 26.7 Å². The van der Waals surface area contributed by atoms with Crippen molar-refractivity contribution < 1.29 is 19.1 Å². The van der Waals surface area contributed by atoms with Crippen molar-refractivity contribution >= 4 is 61.0 Å². The Morgan fingerprint density at radius 1 is 0.930 bits per heavy atom. The fourth-order valence-electron chi connectivity index (χ4n) is 4.61. The molecule has 0 saturated carbocycles. The zero-order valence-electron chi connectivity index (χ0n) is 23.2. The number of nitrogens with zero attached hydrogens (tertiary/aromatic N) is 4. The summed E-state index contributed by atoms with van der Waals surface area (Å²) in [6.45, 7) is 0.0773. The Bertz CT molecular complexity index is 1920. The van der Waals surface area contributed by atoms with E-state index in [4.69, 9.17) is 9.47 Å². The molecule has 216 valence electrons. The minimum atomic E-state index is -0.242. The third kappa shape index (κ3) is 6.01. The number of hydrogen-bond donors (Lipinski definition) is 2. The molecule has 0 aliphatic heterocycles. The SMILES string of the molecule is COc1ccc(OC)c(-n2c(CNC(=O)c3cccc4ccccc34)nnc2SCC(=O)Nc2nc3ccccc3s2)c1. The number of ether oxygens (including phenoxy) is 2. The van der Waals surface area contributed by atoms with E-state index >= 15 is 0 Å². The number of anilines is 1. The fourth-order valence-corrected chi connectivity index (χ4v) is 6.26. The summed E-state index contributed by atoms with van der Waals surface area (Å²) in [5, 5.41) is 17.4. The maximum absolute atomic E-state index is 13.3. The van der Waals surface area contributed by atoms with Crippen molar-refractivity contribution in [2.75, 3.05) is 25.3 Å². The van der Waals surface area contributed by atoms with Gasteiger partial charge in [-0.2, -0.15) is 0 Å². The number of fused-ring (bicyclic) bond motifs is 2. The van der Waals surface area contributed by atoms with Gasteiger partial charge in [0, 0.05) is 11.6 Å². The molecule has 0 atom stereocenters. The summed E-state index contributed by atoms with van der Waals surface area (Å²) in [6.07, 6.45) is 0. The third-order valence-corrected chi connectivity index (χ3v) is 8.52. The summed E-state index contributed by atoms with van der Waals surface area (Å²) in [6, 6.07) is 26.4. The second-order valence-corrected chi connectivity index (χ2v) is 11.3. The molecule has 2 heterocycles. The molecule has 43 heavy (non-hydrogen) atoms. The molecule has 0 bridgehead atoms. The van der Waals surface area contributed by atoms with E-state index in [9.17, 15) is 9.59 Å². The summed E-state index contributed by atoms with van der Waals surface area (Å²) in [5.41, 5.74) is 2.00. The zero-order chi connectivity index (χ0) is 29.8. The van der Waals surface area contributed by atoms with Crippen molar-refractivity contribution in [1.82, 2.24) is 25.1 Å². The highest BCUT2D eigenvalue weighted by Crippen LogP contribution is 2.32. The minimum Gasteiger partial charge on any atom is -0.497 e. The number of rotatable bonds is 10. The van der Waals surface area contributed by atoms with Crippen LogP contribution in [0, 0.1) is 0 Å². The van der Waals surface area contributed by atoms with E-state index < -0.39 is 0 Å². The molecular weight excluding hydrogens is 585 g/mol. The van der Waals surface area contributed by atoms with E-state index in [1.54, 1.807) is 43.1 Å². The van der Waals surface area contributed by atoms with Crippen molar-refractivity contribution in [3.8, 4) is 17.2 Å². The summed E-state index contributed by atoms with van der Waals surface area (Å²) >= 11 is 2.62. The first-order valence-corrected chi connectivity index (χ1v) is 15.0. The summed E-state index contributed by atoms with van der Waals surface area (Å²) in [4.78, 5) is 30.7. The predicted molar refractivity (Wildman–Crippen MR) is 169 cm³/mol. The van der Waals surface area contributed by atoms with Crippen molar-refractivity contribution in [3.63, 3.8) is 0 Å². The maximum Gasteiger partial charge on any atom is 0.252 e. The van der Waals surface area contributed by atoms with E-state index in [1.165, 1.54) is 23.1 Å². The number of thioether (sulfide) groups is 1. The highest BCUT2D eigenvalue weighted by Gasteiger charge is 2.21. The lowest BCUT2D eigenvalue weighted by atomic mass is 10.0. The van der Waals surface area contributed by atoms with Gasteiger partial charge in [-0.3, -0.25) is 14.2 Å². The van der Waals surface area contributed by atoms with Gasteiger partial charge < -0.3 is 20.1 Å². The second kappa shape index (κ2) is 12.5. The van der Waals surface area contributed by atoms with Crippen LogP contribution >= 0.6 is 23.1 Å². The number of amides is 2. The van der Waals surface area contributed by atoms with E-state index in [1.807, 2.05) is 60.7 Å². The smallest absolute Gasteiger partial charge is 0.252 e. The second-order valence-electron chi connectivity index (χ2n) is 9.30. The monoisotopic (exact) mass is 610 g/mol. The van der Waals surface area contributed by atoms with Crippen molar-refractivity contribution in [1.29, 1.82) is 0 Å². The van der Waals surface area contributed by atoms with E-state index in [2.05, 4.69) is 25.8 Å². The number of methoxy groups -OCH3 is 2. The van der Waals surface area contributed by atoms with Crippen LogP contribution < -0.4 is 20.1 Å². The predicted octanol–water partition coefficient (Wildman–Crippen LogP) is 5.71. The number of thiazole rings is 1. The van der Waals surface area contributed by atoms with Gasteiger partial charge in [-0.25, -0.2) is 4.98 Å². The van der Waals surface area contributed by atoms with Crippen molar-refractivity contribution in [2.45, 2.75) is 11.7 Å². The fraction of sp³-hybridized carbons (Fsp3) is 0.129. The average molecular weight is 611 g/mol. The highest BCUT2D eigenvalue weighted by molar-refractivity contribution is 7.99. The number of aromatic nitrogens is 4.